The smallest absolute Gasteiger partial charge is 0.305 e. The molecule has 0 aliphatic carbocycles. The Labute approximate surface area is 69.1 Å². The summed E-state index contributed by atoms with van der Waals surface area (Å²) in [5, 5.41) is 3.07. The minimum absolute atomic E-state index is 0.0581. The fourth-order valence-corrected chi connectivity index (χ4v) is 1.46. The number of esters is 1. The van der Waals surface area contributed by atoms with Crippen molar-refractivity contribution in [1.29, 1.82) is 0 Å². The van der Waals surface area contributed by atoms with Gasteiger partial charge in [-0.15, -0.1) is 0 Å². The molecule has 1 fully saturated rings. The van der Waals surface area contributed by atoms with Crippen molar-refractivity contribution < 1.29 is 9.53 Å². The Morgan fingerprint density at radius 2 is 2.55 bits per heavy atom. The minimum atomic E-state index is -0.0581. The highest BCUT2D eigenvalue weighted by molar-refractivity contribution is 7.13. The number of carbonyl (C=O) groups excluding carboxylic acids is 1. The molecule has 3 nitrogen and oxygen atoms in total. The molecule has 1 heterocycles. The van der Waals surface area contributed by atoms with Gasteiger partial charge in [0.15, 0.2) is 0 Å². The van der Waals surface area contributed by atoms with Crippen molar-refractivity contribution in [1.82, 2.24) is 5.09 Å². The molecule has 1 N–H and O–H groups in total. The molecule has 4 heteroatoms. The summed E-state index contributed by atoms with van der Waals surface area (Å²) in [6.45, 7) is 2.66. The van der Waals surface area contributed by atoms with Gasteiger partial charge in [0.2, 0.25) is 0 Å². The number of hydrogen-bond acceptors (Lipinski definition) is 3. The van der Waals surface area contributed by atoms with Gasteiger partial charge in [-0.3, -0.25) is 9.88 Å². The zero-order chi connectivity index (χ0) is 8.27. The van der Waals surface area contributed by atoms with Crippen LogP contribution in [0.4, 0.5) is 0 Å². The normalized spacial score (nSPS) is 27.8. The summed E-state index contributed by atoms with van der Waals surface area (Å²) in [7, 11) is 2.48. The Morgan fingerprint density at radius 1 is 1.82 bits per heavy atom. The molecule has 0 radical (unpaired) electrons. The van der Waals surface area contributed by atoms with Crippen molar-refractivity contribution in [2.75, 3.05) is 6.61 Å². The maximum Gasteiger partial charge on any atom is 0.305 e. The zero-order valence-electron chi connectivity index (χ0n) is 6.67. The molecule has 0 amide bonds. The summed E-state index contributed by atoms with van der Waals surface area (Å²) in [5.41, 5.74) is 0. The number of ether oxygens (including phenoxy) is 1. The first-order chi connectivity index (χ1) is 5.24. The molecule has 0 aromatic heterocycles. The van der Waals surface area contributed by atoms with Crippen molar-refractivity contribution in [2.24, 2.45) is 5.92 Å². The van der Waals surface area contributed by atoms with Gasteiger partial charge in [-0.1, -0.05) is 9.39 Å². The molecule has 0 aromatic rings. The maximum atomic E-state index is 10.7. The van der Waals surface area contributed by atoms with E-state index in [4.69, 9.17) is 4.74 Å². The molecule has 0 bridgehead atoms. The molecule has 3 atom stereocenters. The molecule has 0 spiro atoms. The van der Waals surface area contributed by atoms with Crippen LogP contribution < -0.4 is 5.09 Å². The standard InChI is InChI=1S/C7H14NO2P/c1-5(8-11)6-2-3-7(9)10-4-6/h5-6,8H,2-4,11H2,1H3/t5-,6?/m0/s1. The topological polar surface area (TPSA) is 38.3 Å². The molecule has 64 valence electrons. The molecule has 0 aromatic carbocycles. The third-order valence-corrected chi connectivity index (χ3v) is 2.67. The van der Waals surface area contributed by atoms with Crippen LogP contribution in [0.25, 0.3) is 0 Å². The second kappa shape index (κ2) is 4.03. The second-order valence-electron chi connectivity index (χ2n) is 2.94. The van der Waals surface area contributed by atoms with Crippen LogP contribution in [0.1, 0.15) is 19.8 Å². The monoisotopic (exact) mass is 175 g/mol. The Morgan fingerprint density at radius 3 is 3.00 bits per heavy atom. The van der Waals surface area contributed by atoms with E-state index >= 15 is 0 Å². The minimum Gasteiger partial charge on any atom is -0.465 e. The lowest BCUT2D eigenvalue weighted by Gasteiger charge is -2.26. The first-order valence-corrected chi connectivity index (χ1v) is 4.43. The lowest BCUT2D eigenvalue weighted by atomic mass is 9.95. The average Bonchev–Trinajstić information content (AvgIpc) is 2.05. The summed E-state index contributed by atoms with van der Waals surface area (Å²) < 4.78 is 4.93. The van der Waals surface area contributed by atoms with Crippen LogP contribution in [0.5, 0.6) is 0 Å². The number of hydrogen-bond donors (Lipinski definition) is 1. The van der Waals surface area contributed by atoms with Crippen LogP contribution in [-0.2, 0) is 9.53 Å². The van der Waals surface area contributed by atoms with Crippen LogP contribution in [0.15, 0.2) is 0 Å². The van der Waals surface area contributed by atoms with E-state index < -0.39 is 0 Å². The molecular formula is C7H14NO2P. The predicted molar refractivity (Wildman–Crippen MR) is 46.0 cm³/mol. The van der Waals surface area contributed by atoms with Gasteiger partial charge >= 0.3 is 5.97 Å². The van der Waals surface area contributed by atoms with Gasteiger partial charge in [0.25, 0.3) is 0 Å². The van der Waals surface area contributed by atoms with E-state index in [2.05, 4.69) is 21.4 Å². The molecule has 2 unspecified atom stereocenters. The molecule has 1 saturated heterocycles. The third kappa shape index (κ3) is 2.42. The van der Waals surface area contributed by atoms with E-state index in [0.29, 0.717) is 25.0 Å². The molecule has 1 aliphatic rings. The van der Waals surface area contributed by atoms with E-state index in [-0.39, 0.29) is 5.97 Å². The van der Waals surface area contributed by atoms with Crippen LogP contribution in [0, 0.1) is 5.92 Å². The van der Waals surface area contributed by atoms with Gasteiger partial charge in [0, 0.05) is 18.4 Å². The average molecular weight is 175 g/mol. The van der Waals surface area contributed by atoms with Crippen LogP contribution in [0.2, 0.25) is 0 Å². The number of carbonyl (C=O) groups is 1. The second-order valence-corrected chi connectivity index (χ2v) is 3.27. The fraction of sp³-hybridized carbons (Fsp3) is 0.857. The number of rotatable bonds is 2. The molecule has 1 rings (SSSR count). The Hall–Kier alpha value is -0.140. The van der Waals surface area contributed by atoms with Gasteiger partial charge in [-0.2, -0.15) is 0 Å². The lowest BCUT2D eigenvalue weighted by Crippen LogP contribution is -2.34. The van der Waals surface area contributed by atoms with Gasteiger partial charge in [0.05, 0.1) is 6.61 Å². The Balaban J connectivity index is 2.32. The van der Waals surface area contributed by atoms with E-state index in [1.54, 1.807) is 0 Å². The van der Waals surface area contributed by atoms with Gasteiger partial charge in [0.1, 0.15) is 0 Å². The van der Waals surface area contributed by atoms with E-state index in [1.165, 1.54) is 0 Å². The summed E-state index contributed by atoms with van der Waals surface area (Å²) in [4.78, 5) is 10.7. The summed E-state index contributed by atoms with van der Waals surface area (Å²) in [6, 6.07) is 0.410. The molecule has 11 heavy (non-hydrogen) atoms. The van der Waals surface area contributed by atoms with Gasteiger partial charge in [-0.25, -0.2) is 0 Å². The summed E-state index contributed by atoms with van der Waals surface area (Å²) in [5.74, 6) is 0.419. The quantitative estimate of drug-likeness (QED) is 0.496. The summed E-state index contributed by atoms with van der Waals surface area (Å²) in [6.07, 6.45) is 1.52. The Kier molecular flexibility index (Phi) is 3.28. The Bertz CT molecular complexity index is 141. The van der Waals surface area contributed by atoms with E-state index in [0.717, 1.165) is 6.42 Å². The highest BCUT2D eigenvalue weighted by Crippen LogP contribution is 2.18. The molecule has 0 saturated carbocycles. The highest BCUT2D eigenvalue weighted by atomic mass is 31.0. The number of cyclic esters (lactones) is 1. The SMILES string of the molecule is C[C@H](NP)C1CCC(=O)OC1. The van der Waals surface area contributed by atoms with Crippen molar-refractivity contribution in [3.63, 3.8) is 0 Å². The first-order valence-electron chi connectivity index (χ1n) is 3.86. The maximum absolute atomic E-state index is 10.7. The highest BCUT2D eigenvalue weighted by Gasteiger charge is 2.23. The van der Waals surface area contributed by atoms with Crippen LogP contribution in [-0.4, -0.2) is 18.6 Å². The summed E-state index contributed by atoms with van der Waals surface area (Å²) >= 11 is 0. The van der Waals surface area contributed by atoms with Crippen molar-refractivity contribution in [3.05, 3.63) is 0 Å². The zero-order valence-corrected chi connectivity index (χ0v) is 7.82. The third-order valence-electron chi connectivity index (χ3n) is 2.15. The largest absolute Gasteiger partial charge is 0.465 e. The van der Waals surface area contributed by atoms with E-state index in [1.807, 2.05) is 0 Å². The van der Waals surface area contributed by atoms with Crippen molar-refractivity contribution >= 4 is 15.4 Å². The fourth-order valence-electron chi connectivity index (χ4n) is 1.19. The van der Waals surface area contributed by atoms with Gasteiger partial charge in [-0.05, 0) is 13.3 Å². The lowest BCUT2D eigenvalue weighted by molar-refractivity contribution is -0.149. The van der Waals surface area contributed by atoms with Crippen molar-refractivity contribution in [2.45, 2.75) is 25.8 Å². The van der Waals surface area contributed by atoms with Crippen molar-refractivity contribution in [3.8, 4) is 0 Å². The van der Waals surface area contributed by atoms with Gasteiger partial charge < -0.3 is 4.74 Å². The first kappa shape index (κ1) is 8.95. The predicted octanol–water partition coefficient (Wildman–Crippen LogP) is 0.708. The molecular weight excluding hydrogens is 161 g/mol. The number of nitrogens with one attached hydrogen (secondary N) is 1. The van der Waals surface area contributed by atoms with Crippen LogP contribution >= 0.6 is 9.39 Å². The van der Waals surface area contributed by atoms with E-state index in [9.17, 15) is 4.79 Å². The van der Waals surface area contributed by atoms with Crippen LogP contribution in [0.3, 0.4) is 0 Å². The molecule has 1 aliphatic heterocycles.